The number of hydrogen-bond donors (Lipinski definition) is 1. The van der Waals surface area contributed by atoms with E-state index in [9.17, 15) is 4.79 Å². The zero-order valence-corrected chi connectivity index (χ0v) is 18.0. The van der Waals surface area contributed by atoms with Gasteiger partial charge in [-0.05, 0) is 49.4 Å². The molecular formula is C21H30N4OS. The Morgan fingerprint density at radius 1 is 1.33 bits per heavy atom. The van der Waals surface area contributed by atoms with Crippen LogP contribution in [0.25, 0.3) is 0 Å². The van der Waals surface area contributed by atoms with Crippen LogP contribution in [0.4, 0.5) is 5.69 Å². The van der Waals surface area contributed by atoms with E-state index in [0.717, 1.165) is 29.2 Å². The maximum Gasteiger partial charge on any atom is 0.270 e. The Morgan fingerprint density at radius 3 is 2.74 bits per heavy atom. The van der Waals surface area contributed by atoms with E-state index in [4.69, 9.17) is 0 Å². The predicted octanol–water partition coefficient (Wildman–Crippen LogP) is 4.35. The van der Waals surface area contributed by atoms with Gasteiger partial charge in [-0.2, -0.15) is 0 Å². The van der Waals surface area contributed by atoms with Crippen molar-refractivity contribution < 1.29 is 4.79 Å². The molecule has 146 valence electrons. The lowest BCUT2D eigenvalue weighted by Crippen LogP contribution is -2.27. The van der Waals surface area contributed by atoms with Gasteiger partial charge in [0.1, 0.15) is 5.69 Å². The number of aryl methyl sites for hydroxylation is 2. The highest BCUT2D eigenvalue weighted by molar-refractivity contribution is 7.09. The molecule has 6 heteroatoms. The number of nitrogens with zero attached hydrogens (tertiary/aromatic N) is 3. The van der Waals surface area contributed by atoms with Gasteiger partial charge in [0.05, 0.1) is 17.0 Å². The predicted molar refractivity (Wildman–Crippen MR) is 114 cm³/mol. The molecule has 0 spiro atoms. The van der Waals surface area contributed by atoms with Crippen molar-refractivity contribution in [3.63, 3.8) is 0 Å². The normalized spacial score (nSPS) is 11.4. The summed E-state index contributed by atoms with van der Waals surface area (Å²) in [5.74, 6) is 0.333. The molecule has 27 heavy (non-hydrogen) atoms. The van der Waals surface area contributed by atoms with Gasteiger partial charge in [0.2, 0.25) is 0 Å². The second-order valence-corrected chi connectivity index (χ2v) is 8.23. The van der Waals surface area contributed by atoms with Gasteiger partial charge in [-0.15, -0.1) is 11.3 Å². The van der Waals surface area contributed by atoms with Crippen LogP contribution in [0.15, 0.2) is 22.5 Å². The van der Waals surface area contributed by atoms with Crippen LogP contribution in [0, 0.1) is 19.8 Å². The van der Waals surface area contributed by atoms with Gasteiger partial charge in [-0.25, -0.2) is 9.98 Å². The standard InChI is InChI=1S/C21H30N4OS/c1-7-25(6)13-23-18-9-15(4)17(8-16(18)5)10-20-24-19(12-27-20)21(26)22-11-14(2)3/h8-9,12-14H,7,10-11H2,1-6H3,(H,22,26). The van der Waals surface area contributed by atoms with E-state index in [1.54, 1.807) is 0 Å². The topological polar surface area (TPSA) is 57.6 Å². The summed E-state index contributed by atoms with van der Waals surface area (Å²) >= 11 is 1.53. The lowest BCUT2D eigenvalue weighted by molar-refractivity contribution is 0.0944. The maximum atomic E-state index is 12.1. The molecule has 0 bridgehead atoms. The average Bonchev–Trinajstić information content (AvgIpc) is 3.09. The maximum absolute atomic E-state index is 12.1. The van der Waals surface area contributed by atoms with E-state index >= 15 is 0 Å². The van der Waals surface area contributed by atoms with Gasteiger partial charge < -0.3 is 10.2 Å². The number of nitrogens with one attached hydrogen (secondary N) is 1. The van der Waals surface area contributed by atoms with Crippen molar-refractivity contribution in [2.45, 2.75) is 41.0 Å². The Hall–Kier alpha value is -2.21. The highest BCUT2D eigenvalue weighted by Gasteiger charge is 2.12. The van der Waals surface area contributed by atoms with Gasteiger partial charge in [0.15, 0.2) is 0 Å². The minimum Gasteiger partial charge on any atom is -0.366 e. The molecule has 0 saturated heterocycles. The second-order valence-electron chi connectivity index (χ2n) is 7.29. The molecule has 0 aliphatic rings. The first-order valence-electron chi connectivity index (χ1n) is 9.37. The van der Waals surface area contributed by atoms with Crippen molar-refractivity contribution in [2.75, 3.05) is 20.1 Å². The van der Waals surface area contributed by atoms with Crippen molar-refractivity contribution in [1.29, 1.82) is 0 Å². The smallest absolute Gasteiger partial charge is 0.270 e. The van der Waals surface area contributed by atoms with Crippen LogP contribution in [0.2, 0.25) is 0 Å². The summed E-state index contributed by atoms with van der Waals surface area (Å²) in [5.41, 5.74) is 5.05. The van der Waals surface area contributed by atoms with Crippen LogP contribution < -0.4 is 5.32 Å². The molecule has 1 N–H and O–H groups in total. The van der Waals surface area contributed by atoms with Crippen LogP contribution in [0.1, 0.15) is 53.0 Å². The van der Waals surface area contributed by atoms with Crippen molar-refractivity contribution >= 4 is 29.3 Å². The summed E-state index contributed by atoms with van der Waals surface area (Å²) in [4.78, 5) is 23.3. The fourth-order valence-corrected chi connectivity index (χ4v) is 3.28. The number of hydrogen-bond acceptors (Lipinski definition) is 4. The van der Waals surface area contributed by atoms with E-state index in [2.05, 4.69) is 62.0 Å². The summed E-state index contributed by atoms with van der Waals surface area (Å²) in [6.07, 6.45) is 2.60. The van der Waals surface area contributed by atoms with Crippen LogP contribution >= 0.6 is 11.3 Å². The summed E-state index contributed by atoms with van der Waals surface area (Å²) < 4.78 is 0. The fourth-order valence-electron chi connectivity index (χ4n) is 2.48. The largest absolute Gasteiger partial charge is 0.366 e. The number of carbonyl (C=O) groups excluding carboxylic acids is 1. The summed E-state index contributed by atoms with van der Waals surface area (Å²) in [7, 11) is 2.01. The second kappa shape index (κ2) is 9.65. The molecule has 1 heterocycles. The first kappa shape index (κ1) is 21.1. The Kier molecular flexibility index (Phi) is 7.54. The zero-order valence-electron chi connectivity index (χ0n) is 17.2. The molecule has 0 aliphatic carbocycles. The quantitative estimate of drug-likeness (QED) is 0.542. The van der Waals surface area contributed by atoms with Gasteiger partial charge >= 0.3 is 0 Å². The molecule has 1 aromatic carbocycles. The van der Waals surface area contributed by atoms with Crippen LogP contribution in [0.5, 0.6) is 0 Å². The third kappa shape index (κ3) is 6.17. The molecule has 0 saturated carbocycles. The number of aromatic nitrogens is 1. The highest BCUT2D eigenvalue weighted by Crippen LogP contribution is 2.25. The fraction of sp³-hybridized carbons (Fsp3) is 0.476. The first-order valence-corrected chi connectivity index (χ1v) is 10.2. The molecule has 0 atom stereocenters. The average molecular weight is 387 g/mol. The van der Waals surface area contributed by atoms with E-state index in [1.807, 2.05) is 23.7 Å². The Labute approximate surface area is 166 Å². The minimum atomic E-state index is -0.0937. The van der Waals surface area contributed by atoms with E-state index in [-0.39, 0.29) is 5.91 Å². The third-order valence-electron chi connectivity index (χ3n) is 4.34. The molecule has 0 radical (unpaired) electrons. The van der Waals surface area contributed by atoms with E-state index < -0.39 is 0 Å². The summed E-state index contributed by atoms with van der Waals surface area (Å²) in [6, 6.07) is 4.29. The highest BCUT2D eigenvalue weighted by atomic mass is 32.1. The van der Waals surface area contributed by atoms with Crippen LogP contribution in [-0.2, 0) is 6.42 Å². The molecule has 1 aromatic heterocycles. The molecule has 0 unspecified atom stereocenters. The zero-order chi connectivity index (χ0) is 20.0. The third-order valence-corrected chi connectivity index (χ3v) is 5.19. The number of benzene rings is 1. The van der Waals surface area contributed by atoms with Gasteiger partial charge in [-0.3, -0.25) is 4.79 Å². The molecule has 2 rings (SSSR count). The number of aliphatic imine (C=N–C) groups is 1. The van der Waals surface area contributed by atoms with Crippen molar-refractivity contribution in [3.8, 4) is 0 Å². The van der Waals surface area contributed by atoms with Crippen molar-refractivity contribution in [1.82, 2.24) is 15.2 Å². The SMILES string of the molecule is CCN(C)C=Nc1cc(C)c(Cc2nc(C(=O)NCC(C)C)cs2)cc1C. The number of rotatable bonds is 8. The Bertz CT molecular complexity index is 811. The van der Waals surface area contributed by atoms with Crippen LogP contribution in [-0.4, -0.2) is 42.3 Å². The van der Waals surface area contributed by atoms with Gasteiger partial charge in [-0.1, -0.05) is 19.9 Å². The summed E-state index contributed by atoms with van der Waals surface area (Å²) in [5, 5.41) is 5.71. The number of amides is 1. The minimum absolute atomic E-state index is 0.0937. The van der Waals surface area contributed by atoms with Crippen molar-refractivity contribution in [2.24, 2.45) is 10.9 Å². The van der Waals surface area contributed by atoms with E-state index in [1.165, 1.54) is 22.5 Å². The summed E-state index contributed by atoms with van der Waals surface area (Å²) in [6.45, 7) is 12.0. The van der Waals surface area contributed by atoms with Crippen LogP contribution in [0.3, 0.4) is 0 Å². The number of carbonyl (C=O) groups is 1. The Balaban J connectivity index is 2.11. The van der Waals surface area contributed by atoms with Gasteiger partial charge in [0, 0.05) is 31.9 Å². The monoisotopic (exact) mass is 386 g/mol. The molecule has 0 fully saturated rings. The van der Waals surface area contributed by atoms with E-state index in [0.29, 0.717) is 18.2 Å². The molecule has 0 aliphatic heterocycles. The lowest BCUT2D eigenvalue weighted by Gasteiger charge is -2.11. The Morgan fingerprint density at radius 2 is 2.07 bits per heavy atom. The van der Waals surface area contributed by atoms with Gasteiger partial charge in [0.25, 0.3) is 5.91 Å². The first-order chi connectivity index (χ1) is 12.8. The number of thiazole rings is 1. The van der Waals surface area contributed by atoms with Crippen molar-refractivity contribution in [3.05, 3.63) is 44.9 Å². The molecule has 1 amide bonds. The molecule has 5 nitrogen and oxygen atoms in total. The molecular weight excluding hydrogens is 356 g/mol. The lowest BCUT2D eigenvalue weighted by atomic mass is 10.0. The molecule has 2 aromatic rings.